The van der Waals surface area contributed by atoms with E-state index in [1.807, 2.05) is 13.0 Å². The summed E-state index contributed by atoms with van der Waals surface area (Å²) in [7, 11) is 0. The van der Waals surface area contributed by atoms with E-state index in [0.717, 1.165) is 25.1 Å². The standard InChI is InChI=1S/C13H21NO2S2/c1-3-8-14-11(13(15)16-4-2)7-10-18-12-6-5-9-17-12/h5-6,9,11,14H,3-4,7-8,10H2,1-2H3. The van der Waals surface area contributed by atoms with E-state index in [9.17, 15) is 4.79 Å². The molecule has 18 heavy (non-hydrogen) atoms. The van der Waals surface area contributed by atoms with E-state index in [4.69, 9.17) is 4.74 Å². The molecular formula is C13H21NO2S2. The second-order valence-corrected chi connectivity index (χ2v) is 6.17. The summed E-state index contributed by atoms with van der Waals surface area (Å²) in [5, 5.41) is 5.32. The van der Waals surface area contributed by atoms with Gasteiger partial charge in [-0.05, 0) is 37.8 Å². The minimum absolute atomic E-state index is 0.127. The summed E-state index contributed by atoms with van der Waals surface area (Å²) in [4.78, 5) is 11.8. The molecule has 1 aromatic rings. The van der Waals surface area contributed by atoms with Crippen molar-refractivity contribution in [3.63, 3.8) is 0 Å². The van der Waals surface area contributed by atoms with E-state index in [1.54, 1.807) is 23.1 Å². The Bertz CT molecular complexity index is 328. The van der Waals surface area contributed by atoms with Gasteiger partial charge >= 0.3 is 5.97 Å². The van der Waals surface area contributed by atoms with E-state index < -0.39 is 0 Å². The maximum absolute atomic E-state index is 11.8. The van der Waals surface area contributed by atoms with Crippen LogP contribution in [-0.2, 0) is 9.53 Å². The van der Waals surface area contributed by atoms with Crippen LogP contribution in [0.4, 0.5) is 0 Å². The van der Waals surface area contributed by atoms with Crippen molar-refractivity contribution in [3.05, 3.63) is 17.5 Å². The Labute approximate surface area is 117 Å². The van der Waals surface area contributed by atoms with Crippen molar-refractivity contribution in [1.29, 1.82) is 0 Å². The number of thiophene rings is 1. The Hall–Kier alpha value is -0.520. The fraction of sp³-hybridized carbons (Fsp3) is 0.615. The molecule has 1 heterocycles. The number of hydrogen-bond acceptors (Lipinski definition) is 5. The molecule has 3 nitrogen and oxygen atoms in total. The first-order valence-electron chi connectivity index (χ1n) is 6.34. The summed E-state index contributed by atoms with van der Waals surface area (Å²) in [6.07, 6.45) is 1.83. The molecule has 1 N–H and O–H groups in total. The van der Waals surface area contributed by atoms with Gasteiger partial charge in [-0.25, -0.2) is 0 Å². The van der Waals surface area contributed by atoms with Crippen LogP contribution in [0.5, 0.6) is 0 Å². The minimum atomic E-state index is -0.169. The molecule has 0 aliphatic heterocycles. The van der Waals surface area contributed by atoms with Crippen LogP contribution >= 0.6 is 23.1 Å². The maximum atomic E-state index is 11.8. The predicted octanol–water partition coefficient (Wildman–Crippen LogP) is 3.16. The fourth-order valence-electron chi connectivity index (χ4n) is 1.49. The van der Waals surface area contributed by atoms with Gasteiger partial charge in [0.05, 0.1) is 10.8 Å². The lowest BCUT2D eigenvalue weighted by Crippen LogP contribution is -2.39. The van der Waals surface area contributed by atoms with Crippen molar-refractivity contribution in [2.24, 2.45) is 0 Å². The SMILES string of the molecule is CCCNC(CCSc1cccs1)C(=O)OCC. The van der Waals surface area contributed by atoms with Crippen LogP contribution in [-0.4, -0.2) is 30.9 Å². The summed E-state index contributed by atoms with van der Waals surface area (Å²) in [6.45, 7) is 5.24. The van der Waals surface area contributed by atoms with Gasteiger partial charge in [0.1, 0.15) is 6.04 Å². The topological polar surface area (TPSA) is 38.3 Å². The molecule has 0 saturated carbocycles. The molecule has 0 spiro atoms. The summed E-state index contributed by atoms with van der Waals surface area (Å²) in [5.41, 5.74) is 0. The Balaban J connectivity index is 2.32. The second kappa shape index (κ2) is 9.42. The third-order valence-electron chi connectivity index (χ3n) is 2.36. The van der Waals surface area contributed by atoms with E-state index in [-0.39, 0.29) is 12.0 Å². The van der Waals surface area contributed by atoms with Crippen molar-refractivity contribution in [2.75, 3.05) is 18.9 Å². The van der Waals surface area contributed by atoms with Gasteiger partial charge in [0.15, 0.2) is 0 Å². The lowest BCUT2D eigenvalue weighted by Gasteiger charge is -2.16. The van der Waals surface area contributed by atoms with Gasteiger partial charge in [0, 0.05) is 5.75 Å². The third-order valence-corrected chi connectivity index (χ3v) is 4.52. The van der Waals surface area contributed by atoms with E-state index in [0.29, 0.717) is 6.61 Å². The molecule has 0 amide bonds. The summed E-state index contributed by atoms with van der Waals surface area (Å²) >= 11 is 3.53. The third kappa shape index (κ3) is 5.89. The average Bonchev–Trinajstić information content (AvgIpc) is 2.86. The highest BCUT2D eigenvalue weighted by molar-refractivity contribution is 8.01. The molecule has 0 bridgehead atoms. The van der Waals surface area contributed by atoms with E-state index >= 15 is 0 Å². The number of carbonyl (C=O) groups excluding carboxylic acids is 1. The molecular weight excluding hydrogens is 266 g/mol. The number of nitrogens with one attached hydrogen (secondary N) is 1. The molecule has 0 saturated heterocycles. The first kappa shape index (κ1) is 15.5. The smallest absolute Gasteiger partial charge is 0.323 e. The van der Waals surface area contributed by atoms with Crippen LogP contribution in [0, 0.1) is 0 Å². The number of hydrogen-bond donors (Lipinski definition) is 1. The van der Waals surface area contributed by atoms with Crippen molar-refractivity contribution in [2.45, 2.75) is 36.9 Å². The minimum Gasteiger partial charge on any atom is -0.465 e. The van der Waals surface area contributed by atoms with Crippen LogP contribution < -0.4 is 5.32 Å². The molecule has 1 aromatic heterocycles. The van der Waals surface area contributed by atoms with Gasteiger partial charge < -0.3 is 10.1 Å². The Morgan fingerprint density at radius 3 is 3.00 bits per heavy atom. The van der Waals surface area contributed by atoms with Gasteiger partial charge in [0.25, 0.3) is 0 Å². The molecule has 0 aromatic carbocycles. The van der Waals surface area contributed by atoms with Gasteiger partial charge in [-0.1, -0.05) is 13.0 Å². The zero-order valence-electron chi connectivity index (χ0n) is 11.0. The normalized spacial score (nSPS) is 12.3. The first-order valence-corrected chi connectivity index (χ1v) is 8.20. The molecule has 0 fully saturated rings. The van der Waals surface area contributed by atoms with Crippen LogP contribution in [0.15, 0.2) is 21.7 Å². The Morgan fingerprint density at radius 2 is 2.39 bits per heavy atom. The summed E-state index contributed by atoms with van der Waals surface area (Å²) in [6, 6.07) is 3.98. The van der Waals surface area contributed by atoms with Crippen LogP contribution in [0.25, 0.3) is 0 Å². The molecule has 1 atom stereocenters. The monoisotopic (exact) mass is 287 g/mol. The quantitative estimate of drug-likeness (QED) is 0.559. The second-order valence-electron chi connectivity index (χ2n) is 3.83. The van der Waals surface area contributed by atoms with Crippen molar-refractivity contribution >= 4 is 29.1 Å². The van der Waals surface area contributed by atoms with E-state index in [2.05, 4.69) is 23.7 Å². The van der Waals surface area contributed by atoms with Gasteiger partial charge in [-0.2, -0.15) is 0 Å². The molecule has 5 heteroatoms. The average molecular weight is 287 g/mol. The zero-order chi connectivity index (χ0) is 13.2. The van der Waals surface area contributed by atoms with Gasteiger partial charge in [-0.15, -0.1) is 23.1 Å². The molecule has 1 unspecified atom stereocenters. The number of esters is 1. The first-order chi connectivity index (χ1) is 8.77. The Kier molecular flexibility index (Phi) is 8.13. The van der Waals surface area contributed by atoms with Crippen molar-refractivity contribution in [3.8, 4) is 0 Å². The van der Waals surface area contributed by atoms with Crippen LogP contribution in [0.3, 0.4) is 0 Å². The van der Waals surface area contributed by atoms with Gasteiger partial charge in [0.2, 0.25) is 0 Å². The molecule has 102 valence electrons. The lowest BCUT2D eigenvalue weighted by atomic mass is 10.2. The molecule has 0 radical (unpaired) electrons. The highest BCUT2D eigenvalue weighted by Gasteiger charge is 2.18. The Morgan fingerprint density at radius 1 is 1.56 bits per heavy atom. The van der Waals surface area contributed by atoms with Gasteiger partial charge in [-0.3, -0.25) is 4.79 Å². The van der Waals surface area contributed by atoms with Crippen LogP contribution in [0.2, 0.25) is 0 Å². The summed E-state index contributed by atoms with van der Waals surface area (Å²) in [5.74, 6) is 0.804. The number of carbonyl (C=O) groups is 1. The highest BCUT2D eigenvalue weighted by Crippen LogP contribution is 2.24. The highest BCUT2D eigenvalue weighted by atomic mass is 32.2. The lowest BCUT2D eigenvalue weighted by molar-refractivity contribution is -0.145. The molecule has 1 rings (SSSR count). The number of ether oxygens (including phenoxy) is 1. The van der Waals surface area contributed by atoms with Crippen LogP contribution in [0.1, 0.15) is 26.7 Å². The predicted molar refractivity (Wildman–Crippen MR) is 78.4 cm³/mol. The van der Waals surface area contributed by atoms with Crippen molar-refractivity contribution < 1.29 is 9.53 Å². The largest absolute Gasteiger partial charge is 0.465 e. The zero-order valence-corrected chi connectivity index (χ0v) is 12.6. The number of rotatable bonds is 9. The molecule has 0 aliphatic rings. The molecule has 0 aliphatic carbocycles. The fourth-order valence-corrected chi connectivity index (χ4v) is 3.35. The number of thioether (sulfide) groups is 1. The van der Waals surface area contributed by atoms with Crippen molar-refractivity contribution in [1.82, 2.24) is 5.32 Å². The van der Waals surface area contributed by atoms with E-state index in [1.165, 1.54) is 4.21 Å². The maximum Gasteiger partial charge on any atom is 0.323 e. The summed E-state index contributed by atoms with van der Waals surface area (Å²) < 4.78 is 6.38.